The number of rotatable bonds is 5. The van der Waals surface area contributed by atoms with Crippen molar-refractivity contribution in [2.24, 2.45) is 5.92 Å². The highest BCUT2D eigenvalue weighted by atomic mass is 16.4. The first-order valence-corrected chi connectivity index (χ1v) is 6.44. The lowest BCUT2D eigenvalue weighted by Crippen LogP contribution is -2.20. The summed E-state index contributed by atoms with van der Waals surface area (Å²) < 4.78 is 0. The second kappa shape index (κ2) is 6.36. The SMILES string of the molecule is Cc1ccc(C(C)C)cc1NC(=O)CC(C)C(=O)O. The molecule has 0 aromatic heterocycles. The Labute approximate surface area is 113 Å². The molecule has 2 N–H and O–H groups in total. The fourth-order valence-corrected chi connectivity index (χ4v) is 1.70. The second-order valence-electron chi connectivity index (χ2n) is 5.22. The number of nitrogens with one attached hydrogen (secondary N) is 1. The standard InChI is InChI=1S/C15H21NO3/c1-9(2)12-6-5-10(3)13(8-12)16-14(17)7-11(4)15(18)19/h5-6,8-9,11H,7H2,1-4H3,(H,16,17)(H,18,19). The number of carbonyl (C=O) groups excluding carboxylic acids is 1. The van der Waals surface area contributed by atoms with Crippen LogP contribution >= 0.6 is 0 Å². The van der Waals surface area contributed by atoms with E-state index >= 15 is 0 Å². The lowest BCUT2D eigenvalue weighted by atomic mass is 10.0. The molecule has 104 valence electrons. The van der Waals surface area contributed by atoms with Crippen molar-refractivity contribution < 1.29 is 14.7 Å². The van der Waals surface area contributed by atoms with E-state index < -0.39 is 11.9 Å². The summed E-state index contributed by atoms with van der Waals surface area (Å²) >= 11 is 0. The molecule has 0 aliphatic rings. The maximum atomic E-state index is 11.8. The largest absolute Gasteiger partial charge is 0.481 e. The Morgan fingerprint density at radius 3 is 2.42 bits per heavy atom. The van der Waals surface area contributed by atoms with Crippen LogP contribution in [0, 0.1) is 12.8 Å². The van der Waals surface area contributed by atoms with E-state index in [2.05, 4.69) is 19.2 Å². The van der Waals surface area contributed by atoms with Crippen molar-refractivity contribution in [3.05, 3.63) is 29.3 Å². The summed E-state index contributed by atoms with van der Waals surface area (Å²) in [7, 11) is 0. The van der Waals surface area contributed by atoms with Crippen molar-refractivity contribution in [2.75, 3.05) is 5.32 Å². The van der Waals surface area contributed by atoms with Crippen molar-refractivity contribution >= 4 is 17.6 Å². The predicted molar refractivity (Wildman–Crippen MR) is 75.3 cm³/mol. The maximum Gasteiger partial charge on any atom is 0.306 e. The molecule has 0 spiro atoms. The Morgan fingerprint density at radius 1 is 1.26 bits per heavy atom. The van der Waals surface area contributed by atoms with E-state index in [1.807, 2.05) is 25.1 Å². The molecule has 0 fully saturated rings. The molecule has 0 saturated carbocycles. The average Bonchev–Trinajstić information content (AvgIpc) is 2.31. The van der Waals surface area contributed by atoms with E-state index in [4.69, 9.17) is 5.11 Å². The lowest BCUT2D eigenvalue weighted by molar-refractivity contribution is -0.142. The monoisotopic (exact) mass is 263 g/mol. The van der Waals surface area contributed by atoms with Gasteiger partial charge in [-0.1, -0.05) is 32.9 Å². The van der Waals surface area contributed by atoms with Gasteiger partial charge in [0.2, 0.25) is 5.91 Å². The first-order valence-electron chi connectivity index (χ1n) is 6.44. The van der Waals surface area contributed by atoms with Crippen LogP contribution in [0.3, 0.4) is 0 Å². The first kappa shape index (κ1) is 15.2. The van der Waals surface area contributed by atoms with E-state index in [1.165, 1.54) is 6.92 Å². The molecule has 1 atom stereocenters. The van der Waals surface area contributed by atoms with Crippen molar-refractivity contribution in [3.63, 3.8) is 0 Å². The van der Waals surface area contributed by atoms with Crippen LogP contribution in [0.4, 0.5) is 5.69 Å². The van der Waals surface area contributed by atoms with Crippen LogP contribution in [-0.2, 0) is 9.59 Å². The highest BCUT2D eigenvalue weighted by Gasteiger charge is 2.16. The first-order chi connectivity index (χ1) is 8.81. The van der Waals surface area contributed by atoms with Gasteiger partial charge in [0.1, 0.15) is 0 Å². The summed E-state index contributed by atoms with van der Waals surface area (Å²) in [5.74, 6) is -1.51. The van der Waals surface area contributed by atoms with Gasteiger partial charge >= 0.3 is 5.97 Å². The van der Waals surface area contributed by atoms with Gasteiger partial charge in [-0.25, -0.2) is 0 Å². The number of amides is 1. The molecule has 0 saturated heterocycles. The molecule has 0 radical (unpaired) electrons. The normalized spacial score (nSPS) is 12.3. The fraction of sp³-hybridized carbons (Fsp3) is 0.467. The smallest absolute Gasteiger partial charge is 0.306 e. The Kier molecular flexibility index (Phi) is 5.10. The number of hydrogen-bond acceptors (Lipinski definition) is 2. The predicted octanol–water partition coefficient (Wildman–Crippen LogP) is 3.17. The minimum atomic E-state index is -0.956. The number of carboxylic acid groups (broad SMARTS) is 1. The topological polar surface area (TPSA) is 66.4 Å². The van der Waals surface area contributed by atoms with Crippen LogP contribution in [0.1, 0.15) is 44.2 Å². The Bertz CT molecular complexity index is 480. The fourth-order valence-electron chi connectivity index (χ4n) is 1.70. The summed E-state index contributed by atoms with van der Waals surface area (Å²) in [5.41, 5.74) is 2.88. The van der Waals surface area contributed by atoms with E-state index in [-0.39, 0.29) is 12.3 Å². The van der Waals surface area contributed by atoms with E-state index in [0.29, 0.717) is 5.92 Å². The van der Waals surface area contributed by atoms with Crippen LogP contribution in [0.5, 0.6) is 0 Å². The number of benzene rings is 1. The molecule has 1 aromatic carbocycles. The Hall–Kier alpha value is -1.84. The summed E-state index contributed by atoms with van der Waals surface area (Å²) in [6.45, 7) is 7.62. The highest BCUT2D eigenvalue weighted by Crippen LogP contribution is 2.22. The Balaban J connectivity index is 2.78. The zero-order valence-corrected chi connectivity index (χ0v) is 11.9. The van der Waals surface area contributed by atoms with Crippen molar-refractivity contribution in [1.82, 2.24) is 0 Å². The lowest BCUT2D eigenvalue weighted by Gasteiger charge is -2.13. The van der Waals surface area contributed by atoms with Crippen molar-refractivity contribution in [1.29, 1.82) is 0 Å². The highest BCUT2D eigenvalue weighted by molar-refractivity contribution is 5.93. The van der Waals surface area contributed by atoms with E-state index in [9.17, 15) is 9.59 Å². The summed E-state index contributed by atoms with van der Waals surface area (Å²) in [6, 6.07) is 5.95. The van der Waals surface area contributed by atoms with Gasteiger partial charge in [0.15, 0.2) is 0 Å². The number of anilines is 1. The molecule has 0 aliphatic heterocycles. The summed E-state index contributed by atoms with van der Waals surface area (Å²) in [5, 5.41) is 11.6. The maximum absolute atomic E-state index is 11.8. The van der Waals surface area contributed by atoms with Gasteiger partial charge in [0.05, 0.1) is 5.92 Å². The molecule has 4 nitrogen and oxygen atoms in total. The molecule has 0 bridgehead atoms. The van der Waals surface area contributed by atoms with E-state index in [0.717, 1.165) is 16.8 Å². The van der Waals surface area contributed by atoms with Gasteiger partial charge in [-0.05, 0) is 30.0 Å². The van der Waals surface area contributed by atoms with Gasteiger partial charge in [0.25, 0.3) is 0 Å². The van der Waals surface area contributed by atoms with Crippen molar-refractivity contribution in [2.45, 2.75) is 40.0 Å². The van der Waals surface area contributed by atoms with Gasteiger partial charge in [-0.15, -0.1) is 0 Å². The van der Waals surface area contributed by atoms with Gasteiger partial charge in [0, 0.05) is 12.1 Å². The second-order valence-corrected chi connectivity index (χ2v) is 5.22. The van der Waals surface area contributed by atoms with Crippen LogP contribution in [0.25, 0.3) is 0 Å². The minimum Gasteiger partial charge on any atom is -0.481 e. The summed E-state index contributed by atoms with van der Waals surface area (Å²) in [4.78, 5) is 22.5. The number of aryl methyl sites for hydroxylation is 1. The van der Waals surface area contributed by atoms with E-state index in [1.54, 1.807) is 0 Å². The molecule has 1 unspecified atom stereocenters. The molecule has 1 aromatic rings. The molecule has 0 heterocycles. The third-order valence-electron chi connectivity index (χ3n) is 3.12. The number of carbonyl (C=O) groups is 2. The third kappa shape index (κ3) is 4.39. The van der Waals surface area contributed by atoms with Gasteiger partial charge < -0.3 is 10.4 Å². The van der Waals surface area contributed by atoms with Crippen LogP contribution in [0.15, 0.2) is 18.2 Å². The zero-order chi connectivity index (χ0) is 14.6. The molecule has 1 rings (SSSR count). The third-order valence-corrected chi connectivity index (χ3v) is 3.12. The van der Waals surface area contributed by atoms with Crippen LogP contribution in [-0.4, -0.2) is 17.0 Å². The summed E-state index contributed by atoms with van der Waals surface area (Å²) in [6.07, 6.45) is -0.0132. The Morgan fingerprint density at radius 2 is 1.89 bits per heavy atom. The number of carboxylic acids is 1. The van der Waals surface area contributed by atoms with Crippen LogP contribution in [0.2, 0.25) is 0 Å². The average molecular weight is 263 g/mol. The number of aliphatic carboxylic acids is 1. The van der Waals surface area contributed by atoms with Crippen molar-refractivity contribution in [3.8, 4) is 0 Å². The molecule has 1 amide bonds. The quantitative estimate of drug-likeness (QED) is 0.857. The molecular formula is C15H21NO3. The molecule has 4 heteroatoms. The zero-order valence-electron chi connectivity index (χ0n) is 11.9. The van der Waals surface area contributed by atoms with Gasteiger partial charge in [-0.3, -0.25) is 9.59 Å². The van der Waals surface area contributed by atoms with Crippen LogP contribution < -0.4 is 5.32 Å². The minimum absolute atomic E-state index is 0.0132. The number of hydrogen-bond donors (Lipinski definition) is 2. The molecule has 19 heavy (non-hydrogen) atoms. The van der Waals surface area contributed by atoms with Gasteiger partial charge in [-0.2, -0.15) is 0 Å². The molecule has 0 aliphatic carbocycles. The molecular weight excluding hydrogens is 242 g/mol.